The molecule has 24 heavy (non-hydrogen) atoms. The Morgan fingerprint density at radius 3 is 2.92 bits per heavy atom. The molecule has 1 atom stereocenters. The minimum absolute atomic E-state index is 0.0331. The molecule has 3 rings (SSSR count). The van der Waals surface area contributed by atoms with E-state index in [-0.39, 0.29) is 12.5 Å². The summed E-state index contributed by atoms with van der Waals surface area (Å²) in [5.41, 5.74) is 2.04. The number of aromatic nitrogens is 2. The summed E-state index contributed by atoms with van der Waals surface area (Å²) in [4.78, 5) is 9.01. The highest BCUT2D eigenvalue weighted by Crippen LogP contribution is 2.26. The molecule has 0 radical (unpaired) electrons. The van der Waals surface area contributed by atoms with Crippen LogP contribution in [0.25, 0.3) is 0 Å². The van der Waals surface area contributed by atoms with Crippen molar-refractivity contribution < 1.29 is 9.84 Å². The molecule has 0 amide bonds. The van der Waals surface area contributed by atoms with Crippen molar-refractivity contribution in [2.24, 2.45) is 0 Å². The predicted molar refractivity (Wildman–Crippen MR) is 94.6 cm³/mol. The number of aliphatic hydroxyl groups excluding tert-OH is 1. The zero-order chi connectivity index (χ0) is 16.8. The Morgan fingerprint density at radius 2 is 2.17 bits per heavy atom. The van der Waals surface area contributed by atoms with Crippen LogP contribution in [0.3, 0.4) is 0 Å². The molecule has 1 saturated heterocycles. The maximum atomic E-state index is 8.99. The minimum Gasteiger partial charge on any atom is -0.395 e. The average Bonchev–Trinajstić information content (AvgIpc) is 3.13. The number of ether oxygens (including phenoxy) is 1. The molecule has 6 nitrogen and oxygen atoms in total. The lowest BCUT2D eigenvalue weighted by atomic mass is 10.0. The van der Waals surface area contributed by atoms with E-state index in [9.17, 15) is 0 Å². The molecular weight excluding hydrogens is 328 g/mol. The van der Waals surface area contributed by atoms with Crippen LogP contribution in [0.1, 0.15) is 23.6 Å². The number of hydrogen-bond acceptors (Lipinski definition) is 6. The molecule has 2 aromatic rings. The summed E-state index contributed by atoms with van der Waals surface area (Å²) in [5, 5.41) is 16.1. The molecule has 0 saturated carbocycles. The van der Waals surface area contributed by atoms with E-state index in [1.807, 2.05) is 30.3 Å². The van der Waals surface area contributed by atoms with E-state index in [1.54, 1.807) is 0 Å². The summed E-state index contributed by atoms with van der Waals surface area (Å²) in [5.74, 6) is 1.55. The topological polar surface area (TPSA) is 79.3 Å². The molecule has 3 N–H and O–H groups in total. The molecular formula is C17H21ClN4O2. The monoisotopic (exact) mass is 348 g/mol. The Bertz CT molecular complexity index is 677. The standard InChI is InChI=1S/C17H21ClN4O2/c18-14-3-1-2-12(8-14)10-20-16-9-15(13-4-7-24-11-13)21-17(22-16)19-5-6-23/h1-3,8-9,13,23H,4-7,10-11H2,(H2,19,20,21,22)/t13-/m1/s1. The Kier molecular flexibility index (Phi) is 5.85. The van der Waals surface area contributed by atoms with Crippen LogP contribution >= 0.6 is 11.6 Å². The highest BCUT2D eigenvalue weighted by Gasteiger charge is 2.20. The summed E-state index contributed by atoms with van der Waals surface area (Å²) >= 11 is 6.02. The first kappa shape index (κ1) is 17.0. The highest BCUT2D eigenvalue weighted by atomic mass is 35.5. The van der Waals surface area contributed by atoms with Gasteiger partial charge in [0.05, 0.1) is 18.9 Å². The number of nitrogens with zero attached hydrogens (tertiary/aromatic N) is 2. The summed E-state index contributed by atoms with van der Waals surface area (Å²) in [6.07, 6.45) is 0.962. The van der Waals surface area contributed by atoms with E-state index in [4.69, 9.17) is 21.4 Å². The van der Waals surface area contributed by atoms with E-state index in [2.05, 4.69) is 20.6 Å². The van der Waals surface area contributed by atoms with Gasteiger partial charge in [0.2, 0.25) is 5.95 Å². The maximum Gasteiger partial charge on any atom is 0.224 e. The molecule has 2 heterocycles. The Balaban J connectivity index is 1.75. The van der Waals surface area contributed by atoms with Gasteiger partial charge >= 0.3 is 0 Å². The molecule has 0 spiro atoms. The van der Waals surface area contributed by atoms with Crippen LogP contribution in [0.2, 0.25) is 5.02 Å². The van der Waals surface area contributed by atoms with Crippen LogP contribution in [0.4, 0.5) is 11.8 Å². The van der Waals surface area contributed by atoms with Gasteiger partial charge in [0.1, 0.15) is 5.82 Å². The van der Waals surface area contributed by atoms with Gasteiger partial charge in [-0.1, -0.05) is 23.7 Å². The molecule has 7 heteroatoms. The Morgan fingerprint density at radius 1 is 1.25 bits per heavy atom. The van der Waals surface area contributed by atoms with Crippen molar-refractivity contribution in [1.82, 2.24) is 9.97 Å². The van der Waals surface area contributed by atoms with Crippen molar-refractivity contribution in [2.45, 2.75) is 18.9 Å². The van der Waals surface area contributed by atoms with Gasteiger partial charge in [-0.2, -0.15) is 4.98 Å². The molecule has 1 aromatic carbocycles. The van der Waals surface area contributed by atoms with Crippen molar-refractivity contribution in [3.63, 3.8) is 0 Å². The number of rotatable bonds is 7. The van der Waals surface area contributed by atoms with Crippen LogP contribution in [0.5, 0.6) is 0 Å². The average molecular weight is 349 g/mol. The van der Waals surface area contributed by atoms with Crippen LogP contribution in [-0.2, 0) is 11.3 Å². The largest absolute Gasteiger partial charge is 0.395 e. The fourth-order valence-electron chi connectivity index (χ4n) is 2.62. The number of benzene rings is 1. The molecule has 1 fully saturated rings. The number of hydrogen-bond donors (Lipinski definition) is 3. The van der Waals surface area contributed by atoms with Crippen LogP contribution in [0.15, 0.2) is 30.3 Å². The first-order chi connectivity index (χ1) is 11.7. The Hall–Kier alpha value is -1.89. The highest BCUT2D eigenvalue weighted by molar-refractivity contribution is 6.30. The van der Waals surface area contributed by atoms with E-state index in [0.717, 1.165) is 30.1 Å². The maximum absolute atomic E-state index is 8.99. The first-order valence-electron chi connectivity index (χ1n) is 8.04. The lowest BCUT2D eigenvalue weighted by Gasteiger charge is -2.13. The van der Waals surface area contributed by atoms with Crippen molar-refractivity contribution in [1.29, 1.82) is 0 Å². The van der Waals surface area contributed by atoms with Gasteiger partial charge in [0, 0.05) is 36.7 Å². The quantitative estimate of drug-likeness (QED) is 0.714. The van der Waals surface area contributed by atoms with Gasteiger partial charge in [-0.3, -0.25) is 0 Å². The lowest BCUT2D eigenvalue weighted by Crippen LogP contribution is -2.13. The summed E-state index contributed by atoms with van der Waals surface area (Å²) in [6.45, 7) is 2.52. The number of halogens is 1. The molecule has 1 aromatic heterocycles. The number of nitrogens with one attached hydrogen (secondary N) is 2. The van der Waals surface area contributed by atoms with Crippen molar-refractivity contribution in [2.75, 3.05) is 37.0 Å². The summed E-state index contributed by atoms with van der Waals surface area (Å²) in [7, 11) is 0. The van der Waals surface area contributed by atoms with Crippen LogP contribution < -0.4 is 10.6 Å². The number of aliphatic hydroxyl groups is 1. The van der Waals surface area contributed by atoms with Crippen LogP contribution in [-0.4, -0.2) is 41.4 Å². The molecule has 1 aliphatic rings. The SMILES string of the molecule is OCCNc1nc(NCc2cccc(Cl)c2)cc([C@@H]2CCOC2)n1. The van der Waals surface area contributed by atoms with Gasteiger partial charge in [0.25, 0.3) is 0 Å². The van der Waals surface area contributed by atoms with Gasteiger partial charge in [-0.25, -0.2) is 4.98 Å². The fourth-order valence-corrected chi connectivity index (χ4v) is 2.83. The third-order valence-corrected chi connectivity index (χ3v) is 4.09. The molecule has 128 valence electrons. The smallest absolute Gasteiger partial charge is 0.224 e. The lowest BCUT2D eigenvalue weighted by molar-refractivity contribution is 0.193. The number of anilines is 2. The summed E-state index contributed by atoms with van der Waals surface area (Å²) < 4.78 is 5.46. The normalized spacial score (nSPS) is 17.0. The van der Waals surface area contributed by atoms with Crippen LogP contribution in [0, 0.1) is 0 Å². The second-order valence-electron chi connectivity index (χ2n) is 5.70. The van der Waals surface area contributed by atoms with Crippen molar-refractivity contribution in [3.8, 4) is 0 Å². The first-order valence-corrected chi connectivity index (χ1v) is 8.42. The Labute approximate surface area is 146 Å². The van der Waals surface area contributed by atoms with Gasteiger partial charge < -0.3 is 20.5 Å². The molecule has 0 bridgehead atoms. The van der Waals surface area contributed by atoms with E-state index in [0.29, 0.717) is 30.7 Å². The predicted octanol–water partition coefficient (Wildman–Crippen LogP) is 2.65. The van der Waals surface area contributed by atoms with E-state index < -0.39 is 0 Å². The zero-order valence-corrected chi connectivity index (χ0v) is 14.1. The van der Waals surface area contributed by atoms with Gasteiger partial charge in [-0.05, 0) is 24.1 Å². The summed E-state index contributed by atoms with van der Waals surface area (Å²) in [6, 6.07) is 9.68. The fraction of sp³-hybridized carbons (Fsp3) is 0.412. The van der Waals surface area contributed by atoms with Crippen molar-refractivity contribution in [3.05, 3.63) is 46.6 Å². The van der Waals surface area contributed by atoms with Crippen molar-refractivity contribution >= 4 is 23.4 Å². The third-order valence-electron chi connectivity index (χ3n) is 3.85. The van der Waals surface area contributed by atoms with Gasteiger partial charge in [-0.15, -0.1) is 0 Å². The van der Waals surface area contributed by atoms with Gasteiger partial charge in [0.15, 0.2) is 0 Å². The second-order valence-corrected chi connectivity index (χ2v) is 6.13. The second kappa shape index (κ2) is 8.28. The zero-order valence-electron chi connectivity index (χ0n) is 13.3. The molecule has 1 aliphatic heterocycles. The molecule has 0 aliphatic carbocycles. The molecule has 0 unspecified atom stereocenters. The van der Waals surface area contributed by atoms with E-state index in [1.165, 1.54) is 0 Å². The third kappa shape index (κ3) is 4.56. The minimum atomic E-state index is 0.0331. The van der Waals surface area contributed by atoms with E-state index >= 15 is 0 Å².